The first-order valence-corrected chi connectivity index (χ1v) is 8.69. The summed E-state index contributed by atoms with van der Waals surface area (Å²) in [5.74, 6) is 2.95. The van der Waals surface area contributed by atoms with E-state index in [0.717, 1.165) is 17.8 Å². The molecular weight excluding hydrogens is 252 g/mol. The predicted molar refractivity (Wildman–Crippen MR) is 79.2 cm³/mol. The van der Waals surface area contributed by atoms with Gasteiger partial charge in [0.15, 0.2) is 0 Å². The maximum Gasteiger partial charge on any atom is 0.0900 e. The van der Waals surface area contributed by atoms with Gasteiger partial charge in [-0.05, 0) is 50.4 Å². The molecule has 3 saturated carbocycles. The van der Waals surface area contributed by atoms with E-state index in [4.69, 9.17) is 10.7 Å². The first-order valence-electron chi connectivity index (χ1n) is 7.87. The minimum atomic E-state index is 0.415. The summed E-state index contributed by atoms with van der Waals surface area (Å²) >= 11 is 1.83. The molecule has 1 aromatic heterocycles. The Hall–Kier alpha value is -0.410. The number of fused-ring (bicyclic) bond motifs is 2. The Morgan fingerprint density at radius 3 is 2.95 bits per heavy atom. The lowest BCUT2D eigenvalue weighted by atomic mass is 9.67. The Bertz CT molecular complexity index is 491. The van der Waals surface area contributed by atoms with Crippen LogP contribution in [0.25, 0.3) is 0 Å². The Labute approximate surface area is 119 Å². The summed E-state index contributed by atoms with van der Waals surface area (Å²) in [6.45, 7) is 2.82. The van der Waals surface area contributed by atoms with Gasteiger partial charge in [-0.25, -0.2) is 4.98 Å². The number of aromatic nitrogens is 1. The maximum absolute atomic E-state index is 5.98. The molecule has 0 aromatic carbocycles. The van der Waals surface area contributed by atoms with Gasteiger partial charge >= 0.3 is 0 Å². The molecule has 0 amide bonds. The molecule has 4 rings (SSSR count). The molecule has 1 aromatic rings. The van der Waals surface area contributed by atoms with Gasteiger partial charge in [0.1, 0.15) is 0 Å². The fourth-order valence-electron chi connectivity index (χ4n) is 5.47. The molecular formula is C16H24N2S. The largest absolute Gasteiger partial charge is 0.326 e. The Morgan fingerprint density at radius 1 is 1.26 bits per heavy atom. The third kappa shape index (κ3) is 1.81. The highest BCUT2D eigenvalue weighted by atomic mass is 32.1. The number of nitrogens with two attached hydrogens (primary N) is 1. The van der Waals surface area contributed by atoms with Crippen LogP contribution in [0.3, 0.4) is 0 Å². The second-order valence-corrected chi connectivity index (χ2v) is 8.44. The molecule has 0 aliphatic heterocycles. The summed E-state index contributed by atoms with van der Waals surface area (Å²) in [5.41, 5.74) is 7.81. The predicted octanol–water partition coefficient (Wildman–Crippen LogP) is 3.77. The molecule has 19 heavy (non-hydrogen) atoms. The minimum absolute atomic E-state index is 0.415. The number of aryl methyl sites for hydroxylation is 1. The van der Waals surface area contributed by atoms with Gasteiger partial charge in [-0.1, -0.05) is 19.3 Å². The fourth-order valence-corrected chi connectivity index (χ4v) is 6.40. The van der Waals surface area contributed by atoms with Crippen molar-refractivity contribution in [2.24, 2.45) is 23.5 Å². The lowest BCUT2D eigenvalue weighted by Gasteiger charge is -2.37. The van der Waals surface area contributed by atoms with E-state index in [1.807, 2.05) is 11.3 Å². The van der Waals surface area contributed by atoms with Crippen LogP contribution < -0.4 is 5.73 Å². The summed E-state index contributed by atoms with van der Waals surface area (Å²) in [6.07, 6.45) is 10.1. The highest BCUT2D eigenvalue weighted by Crippen LogP contribution is 2.61. The van der Waals surface area contributed by atoms with E-state index in [-0.39, 0.29) is 0 Å². The molecule has 2 N–H and O–H groups in total. The van der Waals surface area contributed by atoms with Crippen molar-refractivity contribution in [3.8, 4) is 0 Å². The summed E-state index contributed by atoms with van der Waals surface area (Å²) in [5, 5.41) is 1.21. The average molecular weight is 276 g/mol. The molecule has 0 saturated heterocycles. The van der Waals surface area contributed by atoms with Crippen molar-refractivity contribution in [2.75, 3.05) is 0 Å². The monoisotopic (exact) mass is 276 g/mol. The number of thiazole rings is 1. The molecule has 2 nitrogen and oxygen atoms in total. The van der Waals surface area contributed by atoms with Crippen LogP contribution in [0.15, 0.2) is 0 Å². The van der Waals surface area contributed by atoms with E-state index in [0.29, 0.717) is 12.0 Å². The first kappa shape index (κ1) is 12.3. The SMILES string of the molecule is Cc1nc(C23CC4CCCC(C2)C(C4)C3)c(CN)s1. The van der Waals surface area contributed by atoms with Gasteiger partial charge in [-0.2, -0.15) is 0 Å². The lowest BCUT2D eigenvalue weighted by molar-refractivity contribution is 0.214. The summed E-state index contributed by atoms with van der Waals surface area (Å²) in [4.78, 5) is 6.31. The second-order valence-electron chi connectivity index (χ2n) is 7.15. The van der Waals surface area contributed by atoms with E-state index in [9.17, 15) is 0 Å². The number of nitrogens with zero attached hydrogens (tertiary/aromatic N) is 1. The molecule has 4 unspecified atom stereocenters. The van der Waals surface area contributed by atoms with Gasteiger partial charge in [0.2, 0.25) is 0 Å². The standard InChI is InChI=1S/C16H24N2S/c1-10-18-15(14(9-17)19-10)16-6-11-3-2-4-12(7-16)13(5-11)8-16/h11-13H,2-9,17H2,1H3. The van der Waals surface area contributed by atoms with Crippen LogP contribution in [0.4, 0.5) is 0 Å². The summed E-state index contributed by atoms with van der Waals surface area (Å²) in [6, 6.07) is 0. The lowest BCUT2D eigenvalue weighted by Crippen LogP contribution is -2.32. The fraction of sp³-hybridized carbons (Fsp3) is 0.812. The zero-order chi connectivity index (χ0) is 13.0. The normalized spacial score (nSPS) is 40.6. The van der Waals surface area contributed by atoms with Crippen molar-refractivity contribution < 1.29 is 0 Å². The highest BCUT2D eigenvalue weighted by molar-refractivity contribution is 7.11. The molecule has 3 fully saturated rings. The van der Waals surface area contributed by atoms with E-state index < -0.39 is 0 Å². The Morgan fingerprint density at radius 2 is 2.11 bits per heavy atom. The topological polar surface area (TPSA) is 38.9 Å². The van der Waals surface area contributed by atoms with Crippen LogP contribution in [0.1, 0.15) is 60.5 Å². The van der Waals surface area contributed by atoms with Crippen LogP contribution in [-0.4, -0.2) is 4.98 Å². The van der Waals surface area contributed by atoms with E-state index in [2.05, 4.69) is 6.92 Å². The molecule has 0 radical (unpaired) electrons. The maximum atomic E-state index is 5.98. The quantitative estimate of drug-likeness (QED) is 0.893. The van der Waals surface area contributed by atoms with Gasteiger partial charge in [0.05, 0.1) is 10.7 Å². The van der Waals surface area contributed by atoms with Crippen LogP contribution in [0.2, 0.25) is 0 Å². The van der Waals surface area contributed by atoms with Gasteiger partial charge < -0.3 is 5.73 Å². The van der Waals surface area contributed by atoms with Gasteiger partial charge in [-0.15, -0.1) is 11.3 Å². The summed E-state index contributed by atoms with van der Waals surface area (Å²) in [7, 11) is 0. The highest BCUT2D eigenvalue weighted by Gasteiger charge is 2.53. The average Bonchev–Trinajstić information content (AvgIpc) is 2.84. The molecule has 3 heteroatoms. The van der Waals surface area contributed by atoms with Crippen molar-refractivity contribution in [3.63, 3.8) is 0 Å². The Balaban J connectivity index is 1.77. The molecule has 104 valence electrons. The van der Waals surface area contributed by atoms with Crippen molar-refractivity contribution in [1.29, 1.82) is 0 Å². The van der Waals surface area contributed by atoms with Crippen LogP contribution in [0, 0.1) is 24.7 Å². The zero-order valence-corrected chi connectivity index (χ0v) is 12.6. The third-order valence-corrected chi connectivity index (χ3v) is 6.96. The van der Waals surface area contributed by atoms with Crippen molar-refractivity contribution in [1.82, 2.24) is 4.98 Å². The molecule has 3 bridgehead atoms. The van der Waals surface area contributed by atoms with Gasteiger partial charge in [0.25, 0.3) is 0 Å². The third-order valence-electron chi connectivity index (χ3n) is 5.97. The van der Waals surface area contributed by atoms with Crippen LogP contribution in [0.5, 0.6) is 0 Å². The number of hydrogen-bond acceptors (Lipinski definition) is 3. The van der Waals surface area contributed by atoms with E-state index >= 15 is 0 Å². The first-order chi connectivity index (χ1) is 9.20. The van der Waals surface area contributed by atoms with Crippen molar-refractivity contribution in [2.45, 2.75) is 63.8 Å². The molecule has 0 spiro atoms. The van der Waals surface area contributed by atoms with Gasteiger partial charge in [-0.3, -0.25) is 0 Å². The zero-order valence-electron chi connectivity index (χ0n) is 11.8. The smallest absolute Gasteiger partial charge is 0.0900 e. The second kappa shape index (κ2) is 4.29. The molecule has 3 aliphatic rings. The Kier molecular flexibility index (Phi) is 2.79. The van der Waals surface area contributed by atoms with E-state index in [1.165, 1.54) is 60.5 Å². The molecule has 3 aliphatic carbocycles. The van der Waals surface area contributed by atoms with Gasteiger partial charge in [0, 0.05) is 16.8 Å². The number of hydrogen-bond donors (Lipinski definition) is 1. The molecule has 4 atom stereocenters. The van der Waals surface area contributed by atoms with Crippen LogP contribution in [-0.2, 0) is 12.0 Å². The van der Waals surface area contributed by atoms with Crippen molar-refractivity contribution >= 4 is 11.3 Å². The number of rotatable bonds is 2. The summed E-state index contributed by atoms with van der Waals surface area (Å²) < 4.78 is 0. The van der Waals surface area contributed by atoms with E-state index in [1.54, 1.807) is 0 Å². The van der Waals surface area contributed by atoms with Crippen molar-refractivity contribution in [3.05, 3.63) is 15.6 Å². The minimum Gasteiger partial charge on any atom is -0.326 e. The van der Waals surface area contributed by atoms with Crippen LogP contribution >= 0.6 is 11.3 Å². The molecule has 1 heterocycles.